The lowest BCUT2D eigenvalue weighted by Gasteiger charge is -2.07. The maximum absolute atomic E-state index is 11.9. The highest BCUT2D eigenvalue weighted by Crippen LogP contribution is 2.19. The Morgan fingerprint density at radius 1 is 1.29 bits per heavy atom. The Bertz CT molecular complexity index is 549. The highest BCUT2D eigenvalue weighted by molar-refractivity contribution is 6.03. The van der Waals surface area contributed by atoms with Crippen LogP contribution in [0.2, 0.25) is 0 Å². The molecule has 0 amide bonds. The lowest BCUT2D eigenvalue weighted by molar-refractivity contribution is 0.0528. The van der Waals surface area contributed by atoms with Crippen LogP contribution < -0.4 is 0 Å². The Balaban J connectivity index is 2.62. The predicted molar refractivity (Wildman–Crippen MR) is 67.1 cm³/mol. The second-order valence-electron chi connectivity index (χ2n) is 3.75. The fraction of sp³-hybridized carbons (Fsp3) is 0.286. The second-order valence-corrected chi connectivity index (χ2v) is 3.75. The lowest BCUT2D eigenvalue weighted by Crippen LogP contribution is -2.07. The molecule has 0 aliphatic rings. The molecule has 3 heteroatoms. The van der Waals surface area contributed by atoms with Crippen LogP contribution in [0.1, 0.15) is 29.9 Å². The summed E-state index contributed by atoms with van der Waals surface area (Å²) in [5, 5.41) is 0.850. The molecule has 1 heterocycles. The first-order valence-electron chi connectivity index (χ1n) is 5.82. The molecular weight excluding hydrogens is 214 g/mol. The second kappa shape index (κ2) is 4.95. The third-order valence-corrected chi connectivity index (χ3v) is 2.63. The number of benzene rings is 1. The van der Waals surface area contributed by atoms with Crippen molar-refractivity contribution in [1.29, 1.82) is 0 Å². The van der Waals surface area contributed by atoms with Crippen LogP contribution in [-0.4, -0.2) is 17.6 Å². The van der Waals surface area contributed by atoms with E-state index in [2.05, 4.69) is 4.98 Å². The number of hydrogen-bond acceptors (Lipinski definition) is 3. The van der Waals surface area contributed by atoms with Gasteiger partial charge in [0, 0.05) is 11.1 Å². The summed E-state index contributed by atoms with van der Waals surface area (Å²) in [4.78, 5) is 16.4. The molecule has 1 aromatic heterocycles. The van der Waals surface area contributed by atoms with Crippen LogP contribution in [0.15, 0.2) is 30.3 Å². The number of rotatable bonds is 3. The quantitative estimate of drug-likeness (QED) is 0.759. The number of hydrogen-bond donors (Lipinski definition) is 0. The van der Waals surface area contributed by atoms with Gasteiger partial charge in [0.2, 0.25) is 0 Å². The van der Waals surface area contributed by atoms with Gasteiger partial charge in [-0.1, -0.05) is 25.1 Å². The zero-order valence-corrected chi connectivity index (χ0v) is 10.1. The van der Waals surface area contributed by atoms with Crippen molar-refractivity contribution in [2.24, 2.45) is 0 Å². The number of esters is 1. The summed E-state index contributed by atoms with van der Waals surface area (Å²) in [6.07, 6.45) is 0.803. The first-order chi connectivity index (χ1) is 8.26. The van der Waals surface area contributed by atoms with Gasteiger partial charge in [-0.3, -0.25) is 4.98 Å². The van der Waals surface area contributed by atoms with Crippen molar-refractivity contribution in [1.82, 2.24) is 4.98 Å². The summed E-state index contributed by atoms with van der Waals surface area (Å²) in [6.45, 7) is 4.21. The number of carbonyl (C=O) groups excluding carboxylic acids is 1. The van der Waals surface area contributed by atoms with Crippen LogP contribution >= 0.6 is 0 Å². The molecule has 0 fully saturated rings. The summed E-state index contributed by atoms with van der Waals surface area (Å²) in [5.41, 5.74) is 2.36. The van der Waals surface area contributed by atoms with Crippen LogP contribution in [0.25, 0.3) is 10.9 Å². The van der Waals surface area contributed by atoms with Gasteiger partial charge in [-0.25, -0.2) is 4.79 Å². The zero-order valence-electron chi connectivity index (χ0n) is 10.1. The average Bonchev–Trinajstić information content (AvgIpc) is 2.37. The molecule has 88 valence electrons. The van der Waals surface area contributed by atoms with Crippen molar-refractivity contribution in [3.63, 3.8) is 0 Å². The van der Waals surface area contributed by atoms with Crippen LogP contribution in [0.3, 0.4) is 0 Å². The Kier molecular flexibility index (Phi) is 3.38. The third-order valence-electron chi connectivity index (χ3n) is 2.63. The van der Waals surface area contributed by atoms with Crippen molar-refractivity contribution in [2.75, 3.05) is 6.61 Å². The molecular formula is C14H15NO2. The minimum Gasteiger partial charge on any atom is -0.462 e. The topological polar surface area (TPSA) is 39.2 Å². The van der Waals surface area contributed by atoms with Crippen LogP contribution in [0.5, 0.6) is 0 Å². The summed E-state index contributed by atoms with van der Waals surface area (Å²) in [7, 11) is 0. The maximum atomic E-state index is 11.9. The summed E-state index contributed by atoms with van der Waals surface area (Å²) >= 11 is 0. The SMILES string of the molecule is CCOC(=O)c1cc(CC)nc2ccccc12. The summed E-state index contributed by atoms with van der Waals surface area (Å²) < 4.78 is 5.07. The van der Waals surface area contributed by atoms with E-state index in [1.54, 1.807) is 0 Å². The van der Waals surface area contributed by atoms with Gasteiger partial charge in [0.1, 0.15) is 0 Å². The van der Waals surface area contributed by atoms with Crippen molar-refractivity contribution in [3.8, 4) is 0 Å². The minimum atomic E-state index is -0.277. The molecule has 1 aromatic carbocycles. The number of nitrogens with zero attached hydrogens (tertiary/aromatic N) is 1. The van der Waals surface area contributed by atoms with Crippen molar-refractivity contribution >= 4 is 16.9 Å². The molecule has 0 N–H and O–H groups in total. The number of pyridine rings is 1. The highest BCUT2D eigenvalue weighted by Gasteiger charge is 2.12. The highest BCUT2D eigenvalue weighted by atomic mass is 16.5. The number of carbonyl (C=O) groups is 1. The summed E-state index contributed by atoms with van der Waals surface area (Å²) in [5.74, 6) is -0.277. The van der Waals surface area contributed by atoms with Crippen molar-refractivity contribution in [2.45, 2.75) is 20.3 Å². The number of para-hydroxylation sites is 1. The average molecular weight is 229 g/mol. The molecule has 17 heavy (non-hydrogen) atoms. The van der Waals surface area contributed by atoms with Gasteiger partial charge >= 0.3 is 5.97 Å². The molecule has 0 bridgehead atoms. The molecule has 0 unspecified atom stereocenters. The fourth-order valence-electron chi connectivity index (χ4n) is 1.79. The maximum Gasteiger partial charge on any atom is 0.338 e. The van der Waals surface area contributed by atoms with Crippen LogP contribution in [-0.2, 0) is 11.2 Å². The lowest BCUT2D eigenvalue weighted by atomic mass is 10.1. The molecule has 0 radical (unpaired) electrons. The van der Waals surface area contributed by atoms with Gasteiger partial charge in [0.05, 0.1) is 17.7 Å². The first-order valence-corrected chi connectivity index (χ1v) is 5.82. The van der Waals surface area contributed by atoms with Gasteiger partial charge < -0.3 is 4.74 Å². The molecule has 0 atom stereocenters. The monoisotopic (exact) mass is 229 g/mol. The molecule has 0 spiro atoms. The third kappa shape index (κ3) is 2.28. The first kappa shape index (κ1) is 11.6. The largest absolute Gasteiger partial charge is 0.462 e. The fourth-order valence-corrected chi connectivity index (χ4v) is 1.79. The van der Waals surface area contributed by atoms with E-state index in [-0.39, 0.29) is 5.97 Å². The number of aryl methyl sites for hydroxylation is 1. The Hall–Kier alpha value is -1.90. The van der Waals surface area contributed by atoms with Crippen LogP contribution in [0.4, 0.5) is 0 Å². The van der Waals surface area contributed by atoms with Gasteiger partial charge in [-0.2, -0.15) is 0 Å². The van der Waals surface area contributed by atoms with E-state index in [0.29, 0.717) is 12.2 Å². The van der Waals surface area contributed by atoms with Gasteiger partial charge in [-0.15, -0.1) is 0 Å². The Labute approximate surface area is 100 Å². The van der Waals surface area contributed by atoms with E-state index in [4.69, 9.17) is 4.74 Å². The standard InChI is InChI=1S/C14H15NO2/c1-3-10-9-12(14(16)17-4-2)11-7-5-6-8-13(11)15-10/h5-9H,3-4H2,1-2H3. The molecule has 3 nitrogen and oxygen atoms in total. The van der Waals surface area contributed by atoms with Gasteiger partial charge in [0.15, 0.2) is 0 Å². The molecule has 0 saturated heterocycles. The Morgan fingerprint density at radius 3 is 2.76 bits per heavy atom. The van der Waals surface area contributed by atoms with E-state index >= 15 is 0 Å². The van der Waals surface area contributed by atoms with Crippen molar-refractivity contribution in [3.05, 3.63) is 41.6 Å². The zero-order chi connectivity index (χ0) is 12.3. The van der Waals surface area contributed by atoms with Crippen LogP contribution in [0, 0.1) is 0 Å². The normalized spacial score (nSPS) is 10.5. The van der Waals surface area contributed by atoms with Gasteiger partial charge in [0.25, 0.3) is 0 Å². The molecule has 2 rings (SSSR count). The Morgan fingerprint density at radius 2 is 2.06 bits per heavy atom. The van der Waals surface area contributed by atoms with E-state index in [1.165, 1.54) is 0 Å². The van der Waals surface area contributed by atoms with E-state index in [9.17, 15) is 4.79 Å². The molecule has 2 aromatic rings. The number of fused-ring (bicyclic) bond motifs is 1. The van der Waals surface area contributed by atoms with E-state index in [1.807, 2.05) is 44.2 Å². The van der Waals surface area contributed by atoms with Gasteiger partial charge in [-0.05, 0) is 25.5 Å². The number of aromatic nitrogens is 1. The number of ether oxygens (including phenoxy) is 1. The van der Waals surface area contributed by atoms with Crippen molar-refractivity contribution < 1.29 is 9.53 Å². The predicted octanol–water partition coefficient (Wildman–Crippen LogP) is 2.97. The molecule has 0 saturated carbocycles. The minimum absolute atomic E-state index is 0.277. The molecule has 0 aliphatic carbocycles. The van der Waals surface area contributed by atoms with E-state index < -0.39 is 0 Å². The summed E-state index contributed by atoms with van der Waals surface area (Å²) in [6, 6.07) is 9.45. The molecule has 0 aliphatic heterocycles. The smallest absolute Gasteiger partial charge is 0.338 e. The van der Waals surface area contributed by atoms with E-state index in [0.717, 1.165) is 23.0 Å².